The minimum Gasteiger partial charge on any atom is -0.339 e. The van der Waals surface area contributed by atoms with Gasteiger partial charge >= 0.3 is 6.03 Å². The molecule has 0 bridgehead atoms. The number of nitrogens with one attached hydrogen (secondary N) is 1. The standard InChI is InChI=1S/C24H27N5O4/c1-2-10-27-11-12-29(22(31)16-28-15-21(30)26-24(28)33)20(23(27)32)13-17-5-7-18(8-6-17)19-4-3-9-25-14-19/h3-9,14,20H,2,10-13,15-16H2,1H3,(H,26,30,33). The number of imide groups is 1. The normalized spacial score (nSPS) is 18.6. The largest absolute Gasteiger partial charge is 0.339 e. The van der Waals surface area contributed by atoms with E-state index in [1.165, 1.54) is 4.90 Å². The number of nitrogens with zero attached hydrogens (tertiary/aromatic N) is 4. The summed E-state index contributed by atoms with van der Waals surface area (Å²) in [6, 6.07) is 10.5. The van der Waals surface area contributed by atoms with Gasteiger partial charge in [-0.25, -0.2) is 4.79 Å². The van der Waals surface area contributed by atoms with E-state index in [2.05, 4.69) is 10.3 Å². The second-order valence-corrected chi connectivity index (χ2v) is 8.28. The lowest BCUT2D eigenvalue weighted by Gasteiger charge is -2.41. The van der Waals surface area contributed by atoms with E-state index in [1.54, 1.807) is 22.2 Å². The van der Waals surface area contributed by atoms with Crippen LogP contribution in [0.3, 0.4) is 0 Å². The Kier molecular flexibility index (Phi) is 6.67. The van der Waals surface area contributed by atoms with Crippen LogP contribution < -0.4 is 5.32 Å². The molecule has 1 unspecified atom stereocenters. The molecule has 2 aromatic rings. The molecule has 2 aliphatic rings. The smallest absolute Gasteiger partial charge is 0.325 e. The number of amides is 5. The van der Waals surface area contributed by atoms with E-state index < -0.39 is 18.0 Å². The summed E-state index contributed by atoms with van der Waals surface area (Å²) in [7, 11) is 0. The van der Waals surface area contributed by atoms with Crippen LogP contribution in [0, 0.1) is 0 Å². The van der Waals surface area contributed by atoms with Crippen molar-refractivity contribution < 1.29 is 19.2 Å². The summed E-state index contributed by atoms with van der Waals surface area (Å²) in [5.41, 5.74) is 2.96. The van der Waals surface area contributed by atoms with Gasteiger partial charge < -0.3 is 14.7 Å². The van der Waals surface area contributed by atoms with Crippen molar-refractivity contribution >= 4 is 23.8 Å². The fraction of sp³-hybridized carbons (Fsp3) is 0.375. The van der Waals surface area contributed by atoms with E-state index in [4.69, 9.17) is 0 Å². The zero-order valence-corrected chi connectivity index (χ0v) is 18.6. The molecule has 3 heterocycles. The molecule has 5 amide bonds. The SMILES string of the molecule is CCCN1CCN(C(=O)CN2CC(=O)NC2=O)C(Cc2ccc(-c3cccnc3)cc2)C1=O. The molecular weight excluding hydrogens is 422 g/mol. The lowest BCUT2D eigenvalue weighted by Crippen LogP contribution is -2.61. The number of carbonyl (C=O) groups excluding carboxylic acids is 4. The number of hydrogen-bond acceptors (Lipinski definition) is 5. The molecule has 2 saturated heterocycles. The van der Waals surface area contributed by atoms with Gasteiger partial charge in [0.25, 0.3) is 0 Å². The average molecular weight is 450 g/mol. The summed E-state index contributed by atoms with van der Waals surface area (Å²) in [6.07, 6.45) is 4.73. The van der Waals surface area contributed by atoms with Crippen LogP contribution in [0.25, 0.3) is 11.1 Å². The number of benzene rings is 1. The van der Waals surface area contributed by atoms with Gasteiger partial charge in [0.1, 0.15) is 19.1 Å². The van der Waals surface area contributed by atoms with Crippen LogP contribution in [0.5, 0.6) is 0 Å². The molecular formula is C24H27N5O4. The number of pyridine rings is 1. The minimum absolute atomic E-state index is 0.0882. The van der Waals surface area contributed by atoms with E-state index in [0.717, 1.165) is 23.1 Å². The van der Waals surface area contributed by atoms with Crippen molar-refractivity contribution in [3.05, 3.63) is 54.4 Å². The topological polar surface area (TPSA) is 103 Å². The molecule has 0 radical (unpaired) electrons. The highest BCUT2D eigenvalue weighted by Gasteiger charge is 2.39. The second kappa shape index (κ2) is 9.81. The van der Waals surface area contributed by atoms with E-state index in [0.29, 0.717) is 26.1 Å². The number of hydrogen-bond donors (Lipinski definition) is 1. The third-order valence-electron chi connectivity index (χ3n) is 5.97. The van der Waals surface area contributed by atoms with Gasteiger partial charge in [-0.1, -0.05) is 37.3 Å². The molecule has 0 aliphatic carbocycles. The molecule has 2 fully saturated rings. The first-order valence-electron chi connectivity index (χ1n) is 11.1. The molecule has 9 nitrogen and oxygen atoms in total. The first-order chi connectivity index (χ1) is 16.0. The van der Waals surface area contributed by atoms with Crippen LogP contribution in [0.4, 0.5) is 4.79 Å². The van der Waals surface area contributed by atoms with Crippen molar-refractivity contribution in [2.45, 2.75) is 25.8 Å². The summed E-state index contributed by atoms with van der Waals surface area (Å²) in [4.78, 5) is 58.3. The van der Waals surface area contributed by atoms with Gasteiger partial charge in [-0.05, 0) is 29.2 Å². The van der Waals surface area contributed by atoms with Gasteiger partial charge in [0.05, 0.1) is 0 Å². The van der Waals surface area contributed by atoms with Gasteiger partial charge in [-0.15, -0.1) is 0 Å². The van der Waals surface area contributed by atoms with Gasteiger partial charge in [0.2, 0.25) is 17.7 Å². The fourth-order valence-corrected chi connectivity index (χ4v) is 4.28. The van der Waals surface area contributed by atoms with Crippen molar-refractivity contribution in [2.24, 2.45) is 0 Å². The average Bonchev–Trinajstić information content (AvgIpc) is 3.14. The quantitative estimate of drug-likeness (QED) is 0.642. The summed E-state index contributed by atoms with van der Waals surface area (Å²) in [6.45, 7) is 3.14. The number of carbonyl (C=O) groups is 4. The van der Waals surface area contributed by atoms with Crippen LogP contribution in [0.2, 0.25) is 0 Å². The molecule has 172 valence electrons. The molecule has 1 aromatic heterocycles. The molecule has 0 spiro atoms. The Morgan fingerprint density at radius 3 is 2.48 bits per heavy atom. The Labute approximate surface area is 192 Å². The van der Waals surface area contributed by atoms with Crippen LogP contribution in [-0.2, 0) is 20.8 Å². The zero-order chi connectivity index (χ0) is 23.4. The fourth-order valence-electron chi connectivity index (χ4n) is 4.28. The minimum atomic E-state index is -0.650. The predicted octanol–water partition coefficient (Wildman–Crippen LogP) is 1.29. The predicted molar refractivity (Wildman–Crippen MR) is 121 cm³/mol. The van der Waals surface area contributed by atoms with Crippen molar-refractivity contribution in [3.63, 3.8) is 0 Å². The van der Waals surface area contributed by atoms with Crippen LogP contribution >= 0.6 is 0 Å². The summed E-state index contributed by atoms with van der Waals surface area (Å²) >= 11 is 0. The van der Waals surface area contributed by atoms with E-state index in [-0.39, 0.29) is 24.9 Å². The molecule has 2 aliphatic heterocycles. The summed E-state index contributed by atoms with van der Waals surface area (Å²) in [5, 5.41) is 2.18. The Bertz CT molecular complexity index is 1040. The highest BCUT2D eigenvalue weighted by Crippen LogP contribution is 2.22. The van der Waals surface area contributed by atoms with Gasteiger partial charge in [0.15, 0.2) is 0 Å². The Hall–Kier alpha value is -3.75. The van der Waals surface area contributed by atoms with Gasteiger partial charge in [-0.2, -0.15) is 0 Å². The van der Waals surface area contributed by atoms with E-state index >= 15 is 0 Å². The highest BCUT2D eigenvalue weighted by molar-refractivity contribution is 6.03. The van der Waals surface area contributed by atoms with Crippen molar-refractivity contribution in [2.75, 3.05) is 32.7 Å². The van der Waals surface area contributed by atoms with Gasteiger partial charge in [0, 0.05) is 38.4 Å². The number of rotatable bonds is 7. The zero-order valence-electron chi connectivity index (χ0n) is 18.6. The first kappa shape index (κ1) is 22.4. The number of piperazine rings is 1. The van der Waals surface area contributed by atoms with Crippen LogP contribution in [-0.4, -0.2) is 82.2 Å². The Morgan fingerprint density at radius 2 is 1.85 bits per heavy atom. The van der Waals surface area contributed by atoms with E-state index in [1.807, 2.05) is 43.3 Å². The molecule has 33 heavy (non-hydrogen) atoms. The molecule has 1 aromatic carbocycles. The van der Waals surface area contributed by atoms with Gasteiger partial charge in [-0.3, -0.25) is 24.7 Å². The monoisotopic (exact) mass is 449 g/mol. The lowest BCUT2D eigenvalue weighted by atomic mass is 9.98. The van der Waals surface area contributed by atoms with Crippen LogP contribution in [0.15, 0.2) is 48.8 Å². The highest BCUT2D eigenvalue weighted by atomic mass is 16.2. The Morgan fingerprint density at radius 1 is 1.06 bits per heavy atom. The summed E-state index contributed by atoms with van der Waals surface area (Å²) < 4.78 is 0. The maximum Gasteiger partial charge on any atom is 0.325 e. The van der Waals surface area contributed by atoms with Crippen LogP contribution in [0.1, 0.15) is 18.9 Å². The van der Waals surface area contributed by atoms with Crippen molar-refractivity contribution in [1.29, 1.82) is 0 Å². The maximum atomic E-state index is 13.3. The maximum absolute atomic E-state index is 13.3. The summed E-state index contributed by atoms with van der Waals surface area (Å²) in [5.74, 6) is -0.849. The van der Waals surface area contributed by atoms with Crippen molar-refractivity contribution in [1.82, 2.24) is 25.0 Å². The third kappa shape index (κ3) is 5.02. The molecule has 0 saturated carbocycles. The second-order valence-electron chi connectivity index (χ2n) is 8.28. The molecule has 1 N–H and O–H groups in total. The Balaban J connectivity index is 1.51. The molecule has 4 rings (SSSR count). The van der Waals surface area contributed by atoms with E-state index in [9.17, 15) is 19.2 Å². The molecule has 1 atom stereocenters. The third-order valence-corrected chi connectivity index (χ3v) is 5.97. The number of aromatic nitrogens is 1. The number of urea groups is 1. The molecule has 9 heteroatoms. The van der Waals surface area contributed by atoms with Crippen molar-refractivity contribution in [3.8, 4) is 11.1 Å². The first-order valence-corrected chi connectivity index (χ1v) is 11.1. The lowest BCUT2D eigenvalue weighted by molar-refractivity contribution is -0.151.